The molecule has 3 aliphatic rings. The van der Waals surface area contributed by atoms with E-state index >= 15 is 0 Å². The molecule has 1 spiro atoms. The zero-order valence-electron chi connectivity index (χ0n) is 24.6. The Hall–Kier alpha value is -3.50. The minimum absolute atomic E-state index is 0.0671. The number of aliphatic hydroxyl groups is 1. The number of hydrogen-bond donors (Lipinski definition) is 2. The molecule has 2 bridgehead atoms. The van der Waals surface area contributed by atoms with E-state index in [1.165, 1.54) is 4.90 Å². The quantitative estimate of drug-likeness (QED) is 0.241. The molecule has 1 aromatic carbocycles. The maximum Gasteiger partial charge on any atom is 0.306 e. The summed E-state index contributed by atoms with van der Waals surface area (Å²) in [5, 5.41) is 12.6. The summed E-state index contributed by atoms with van der Waals surface area (Å²) in [6.07, 6.45) is 4.76. The molecule has 3 aliphatic heterocycles. The average Bonchev–Trinajstić information content (AvgIpc) is 3.62. The molecule has 4 rings (SSSR count). The number of nitrogens with one attached hydrogen (secondary N) is 1. The van der Waals surface area contributed by atoms with Crippen LogP contribution < -0.4 is 5.32 Å². The Kier molecular flexibility index (Phi) is 10.2. The van der Waals surface area contributed by atoms with Gasteiger partial charge in [0.05, 0.1) is 24.0 Å². The maximum atomic E-state index is 14.1. The highest BCUT2D eigenvalue weighted by Gasteiger charge is 2.74. The monoisotopic (exact) mass is 581 g/mol. The molecule has 3 amide bonds. The number of nitrogens with zero attached hydrogens (tertiary/aromatic N) is 2. The van der Waals surface area contributed by atoms with Crippen molar-refractivity contribution in [3.8, 4) is 0 Å². The first-order valence-electron chi connectivity index (χ1n) is 14.8. The molecule has 2 N–H and O–H groups in total. The van der Waals surface area contributed by atoms with Crippen LogP contribution in [0.5, 0.6) is 0 Å². The van der Waals surface area contributed by atoms with E-state index in [1.54, 1.807) is 17.1 Å². The Morgan fingerprint density at radius 3 is 2.62 bits per heavy atom. The fourth-order valence-corrected chi connectivity index (χ4v) is 6.71. The molecule has 0 unspecified atom stereocenters. The Bertz CT molecular complexity index is 1170. The summed E-state index contributed by atoms with van der Waals surface area (Å²) in [5.74, 6) is -2.97. The number of likely N-dealkylation sites (tertiary alicyclic amines) is 1. The smallest absolute Gasteiger partial charge is 0.306 e. The zero-order chi connectivity index (χ0) is 30.4. The van der Waals surface area contributed by atoms with Crippen LogP contribution in [-0.4, -0.2) is 88.7 Å². The standard InChI is InChI=1S/C32H43N3O7/c1-5-7-14-25(37)41-20-23(22-12-9-8-10-13-22)33-29(38)26-24-15-16-32(42-24)27(26)30(39)35(18-11-19-36)28(32)31(40)34(17-6-2)21(3)4/h5-6,8-10,12-13,21,23-24,26-28,36H,1-2,7,11,14-20H2,3-4H3,(H,33,38)/t23-,24+,26-,27-,28+,32-/m0/s1. The van der Waals surface area contributed by atoms with Crippen LogP contribution in [0.25, 0.3) is 0 Å². The summed E-state index contributed by atoms with van der Waals surface area (Å²) >= 11 is 0. The van der Waals surface area contributed by atoms with E-state index in [9.17, 15) is 24.3 Å². The highest BCUT2D eigenvalue weighted by Crippen LogP contribution is 2.58. The van der Waals surface area contributed by atoms with Crippen LogP contribution in [0.3, 0.4) is 0 Å². The third-order valence-corrected chi connectivity index (χ3v) is 8.61. The van der Waals surface area contributed by atoms with Gasteiger partial charge in [-0.05, 0) is 45.1 Å². The number of carbonyl (C=O) groups is 4. The van der Waals surface area contributed by atoms with Gasteiger partial charge in [-0.15, -0.1) is 13.2 Å². The number of carbonyl (C=O) groups excluding carboxylic acids is 4. The van der Waals surface area contributed by atoms with Crippen molar-refractivity contribution in [3.63, 3.8) is 0 Å². The van der Waals surface area contributed by atoms with Gasteiger partial charge in [0.25, 0.3) is 0 Å². The van der Waals surface area contributed by atoms with E-state index in [2.05, 4.69) is 18.5 Å². The molecule has 228 valence electrons. The lowest BCUT2D eigenvalue weighted by atomic mass is 9.70. The summed E-state index contributed by atoms with van der Waals surface area (Å²) in [5.41, 5.74) is -0.377. The topological polar surface area (TPSA) is 125 Å². The van der Waals surface area contributed by atoms with Crippen molar-refractivity contribution < 1.29 is 33.8 Å². The third kappa shape index (κ3) is 6.01. The predicted octanol–water partition coefficient (Wildman–Crippen LogP) is 2.53. The highest BCUT2D eigenvalue weighted by atomic mass is 16.5. The molecule has 6 atom stereocenters. The average molecular weight is 582 g/mol. The van der Waals surface area contributed by atoms with E-state index in [4.69, 9.17) is 9.47 Å². The van der Waals surface area contributed by atoms with Gasteiger partial charge in [0.2, 0.25) is 17.7 Å². The minimum atomic E-state index is -1.13. The van der Waals surface area contributed by atoms with Crippen molar-refractivity contribution in [3.05, 3.63) is 61.2 Å². The number of allylic oxidation sites excluding steroid dienone is 1. The molecule has 10 nitrogen and oxygen atoms in total. The SMILES string of the molecule is C=CCCC(=O)OC[C@H](NC(=O)[C@@H]1[C@H]2C(=O)N(CCCO)[C@H](C(=O)N(CC=C)C(C)C)[C@]23CC[C@H]1O3)c1ccccc1. The Morgan fingerprint density at radius 1 is 1.24 bits per heavy atom. The summed E-state index contributed by atoms with van der Waals surface area (Å²) in [4.78, 5) is 57.5. The van der Waals surface area contributed by atoms with Gasteiger partial charge >= 0.3 is 5.97 Å². The lowest BCUT2D eigenvalue weighted by Gasteiger charge is -2.38. The number of aliphatic hydroxyl groups excluding tert-OH is 1. The normalized spacial score (nSPS) is 26.6. The van der Waals surface area contributed by atoms with E-state index < -0.39 is 41.6 Å². The van der Waals surface area contributed by atoms with Crippen LogP contribution in [0.15, 0.2) is 55.6 Å². The van der Waals surface area contributed by atoms with Crippen molar-refractivity contribution in [2.24, 2.45) is 11.8 Å². The Morgan fingerprint density at radius 2 is 1.98 bits per heavy atom. The third-order valence-electron chi connectivity index (χ3n) is 8.61. The van der Waals surface area contributed by atoms with Gasteiger partial charge in [-0.3, -0.25) is 19.2 Å². The van der Waals surface area contributed by atoms with Crippen LogP contribution in [0.1, 0.15) is 57.6 Å². The first kappa shape index (κ1) is 31.4. The second kappa shape index (κ2) is 13.6. The molecule has 1 aromatic rings. The van der Waals surface area contributed by atoms with E-state index in [0.717, 1.165) is 5.56 Å². The van der Waals surface area contributed by atoms with Gasteiger partial charge in [-0.1, -0.05) is 42.5 Å². The first-order chi connectivity index (χ1) is 20.2. The number of rotatable bonds is 15. The lowest BCUT2D eigenvalue weighted by Crippen LogP contribution is -2.57. The summed E-state index contributed by atoms with van der Waals surface area (Å²) in [6.45, 7) is 11.5. The Balaban J connectivity index is 1.62. The van der Waals surface area contributed by atoms with E-state index in [1.807, 2.05) is 44.2 Å². The molecule has 10 heteroatoms. The lowest BCUT2D eigenvalue weighted by molar-refractivity contribution is -0.149. The molecular formula is C32H43N3O7. The van der Waals surface area contributed by atoms with Gasteiger partial charge in [0.15, 0.2) is 0 Å². The van der Waals surface area contributed by atoms with Crippen molar-refractivity contribution in [2.75, 3.05) is 26.3 Å². The van der Waals surface area contributed by atoms with Crippen molar-refractivity contribution in [1.29, 1.82) is 0 Å². The van der Waals surface area contributed by atoms with Gasteiger partial charge < -0.3 is 29.7 Å². The molecule has 3 heterocycles. The second-order valence-electron chi connectivity index (χ2n) is 11.5. The molecule has 42 heavy (non-hydrogen) atoms. The minimum Gasteiger partial charge on any atom is -0.463 e. The van der Waals surface area contributed by atoms with Crippen molar-refractivity contribution in [1.82, 2.24) is 15.1 Å². The number of amides is 3. The molecule has 0 aliphatic carbocycles. The first-order valence-corrected chi connectivity index (χ1v) is 14.8. The predicted molar refractivity (Wildman–Crippen MR) is 156 cm³/mol. The van der Waals surface area contributed by atoms with Crippen molar-refractivity contribution >= 4 is 23.7 Å². The molecule has 0 radical (unpaired) electrons. The number of hydrogen-bond acceptors (Lipinski definition) is 7. The van der Waals surface area contributed by atoms with Crippen LogP contribution in [-0.2, 0) is 28.7 Å². The fraction of sp³-hybridized carbons (Fsp3) is 0.562. The molecule has 0 saturated carbocycles. The van der Waals surface area contributed by atoms with Gasteiger partial charge in [0.1, 0.15) is 18.2 Å². The largest absolute Gasteiger partial charge is 0.463 e. The van der Waals surface area contributed by atoms with Gasteiger partial charge in [-0.2, -0.15) is 0 Å². The number of fused-ring (bicyclic) bond motifs is 1. The summed E-state index contributed by atoms with van der Waals surface area (Å²) in [7, 11) is 0. The van der Waals surface area contributed by atoms with Crippen LogP contribution in [0, 0.1) is 11.8 Å². The van der Waals surface area contributed by atoms with Gasteiger partial charge in [-0.25, -0.2) is 0 Å². The van der Waals surface area contributed by atoms with Crippen molar-refractivity contribution in [2.45, 2.75) is 75.8 Å². The summed E-state index contributed by atoms with van der Waals surface area (Å²) in [6, 6.07) is 7.54. The highest BCUT2D eigenvalue weighted by molar-refractivity contribution is 5.99. The van der Waals surface area contributed by atoms with E-state index in [-0.39, 0.29) is 49.9 Å². The van der Waals surface area contributed by atoms with Gasteiger partial charge in [0, 0.05) is 32.2 Å². The van der Waals surface area contributed by atoms with E-state index in [0.29, 0.717) is 32.2 Å². The summed E-state index contributed by atoms with van der Waals surface area (Å²) < 4.78 is 12.0. The number of esters is 1. The number of benzene rings is 1. The number of ether oxygens (including phenoxy) is 2. The van der Waals surface area contributed by atoms with Crippen LogP contribution in [0.2, 0.25) is 0 Å². The molecule has 3 fully saturated rings. The zero-order valence-corrected chi connectivity index (χ0v) is 24.6. The fourth-order valence-electron chi connectivity index (χ4n) is 6.71. The molecule has 0 aromatic heterocycles. The Labute approximate surface area is 247 Å². The van der Waals surface area contributed by atoms with Crippen LogP contribution >= 0.6 is 0 Å². The molecule has 3 saturated heterocycles. The molecular weight excluding hydrogens is 538 g/mol. The maximum absolute atomic E-state index is 14.1. The second-order valence-corrected chi connectivity index (χ2v) is 11.5. The van der Waals surface area contributed by atoms with Crippen LogP contribution in [0.4, 0.5) is 0 Å².